The quantitative estimate of drug-likeness (QED) is 0.716. The molecule has 1 atom stereocenters. The van der Waals surface area contributed by atoms with Gasteiger partial charge in [-0.3, -0.25) is 4.79 Å². The summed E-state index contributed by atoms with van der Waals surface area (Å²) < 4.78 is 21.5. The van der Waals surface area contributed by atoms with Gasteiger partial charge in [0.25, 0.3) is 5.91 Å². The molecule has 1 aromatic heterocycles. The summed E-state index contributed by atoms with van der Waals surface area (Å²) in [6, 6.07) is 5.29. The molecule has 2 aliphatic heterocycles. The molecule has 8 heteroatoms. The topological polar surface area (TPSA) is 86.9 Å². The van der Waals surface area contributed by atoms with Crippen molar-refractivity contribution in [2.24, 2.45) is 5.92 Å². The standard InChI is InChI=1S/C22H29N3O5/c1-27-18-6-5-17(13-19(18)28-2)22(26)25-9-3-4-15(14-25)12-20-23-21(24-30-20)16-7-10-29-11-8-16/h5-6,13,15-16H,3-4,7-12,14H2,1-2H3. The molecule has 2 aromatic rings. The average molecular weight is 415 g/mol. The van der Waals surface area contributed by atoms with Crippen LogP contribution in [0.4, 0.5) is 0 Å². The van der Waals surface area contributed by atoms with Crippen LogP contribution in [-0.2, 0) is 11.2 Å². The lowest BCUT2D eigenvalue weighted by atomic mass is 9.94. The van der Waals surface area contributed by atoms with Crippen LogP contribution in [0.25, 0.3) is 0 Å². The largest absolute Gasteiger partial charge is 0.493 e. The molecule has 3 heterocycles. The number of nitrogens with zero attached hydrogens (tertiary/aromatic N) is 3. The van der Waals surface area contributed by atoms with E-state index in [-0.39, 0.29) is 5.91 Å². The highest BCUT2D eigenvalue weighted by molar-refractivity contribution is 5.95. The van der Waals surface area contributed by atoms with Crippen LogP contribution < -0.4 is 9.47 Å². The van der Waals surface area contributed by atoms with Crippen molar-refractivity contribution in [1.29, 1.82) is 0 Å². The van der Waals surface area contributed by atoms with Gasteiger partial charge in [-0.1, -0.05) is 5.16 Å². The molecule has 4 rings (SSSR count). The van der Waals surface area contributed by atoms with Gasteiger partial charge >= 0.3 is 0 Å². The number of amides is 1. The zero-order valence-corrected chi connectivity index (χ0v) is 17.6. The second-order valence-corrected chi connectivity index (χ2v) is 7.97. The van der Waals surface area contributed by atoms with Crippen LogP contribution >= 0.6 is 0 Å². The molecular formula is C22H29N3O5. The molecule has 0 N–H and O–H groups in total. The summed E-state index contributed by atoms with van der Waals surface area (Å²) in [5.74, 6) is 3.28. The maximum absolute atomic E-state index is 13.0. The summed E-state index contributed by atoms with van der Waals surface area (Å²) in [6.07, 6.45) is 4.59. The lowest BCUT2D eigenvalue weighted by Gasteiger charge is -2.32. The lowest BCUT2D eigenvalue weighted by Crippen LogP contribution is -2.40. The van der Waals surface area contributed by atoms with E-state index in [1.165, 1.54) is 0 Å². The molecule has 0 spiro atoms. The van der Waals surface area contributed by atoms with Gasteiger partial charge < -0.3 is 23.6 Å². The highest BCUT2D eigenvalue weighted by Crippen LogP contribution is 2.30. The number of ether oxygens (including phenoxy) is 3. The molecule has 0 bridgehead atoms. The first kappa shape index (κ1) is 20.7. The SMILES string of the molecule is COc1ccc(C(=O)N2CCCC(Cc3nc(C4CCOCC4)no3)C2)cc1OC. The van der Waals surface area contributed by atoms with Crippen molar-refractivity contribution in [3.63, 3.8) is 0 Å². The van der Waals surface area contributed by atoms with E-state index >= 15 is 0 Å². The highest BCUT2D eigenvalue weighted by atomic mass is 16.5. The Labute approximate surface area is 176 Å². The Morgan fingerprint density at radius 2 is 1.97 bits per heavy atom. The summed E-state index contributed by atoms with van der Waals surface area (Å²) in [4.78, 5) is 19.6. The maximum Gasteiger partial charge on any atom is 0.254 e. The van der Waals surface area contributed by atoms with Crippen LogP contribution in [0, 0.1) is 5.92 Å². The number of benzene rings is 1. The Bertz CT molecular complexity index is 862. The van der Waals surface area contributed by atoms with Crippen molar-refractivity contribution in [2.45, 2.75) is 38.0 Å². The number of carbonyl (C=O) groups is 1. The number of carbonyl (C=O) groups excluding carboxylic acids is 1. The fourth-order valence-electron chi connectivity index (χ4n) is 4.29. The van der Waals surface area contributed by atoms with Crippen LogP contribution in [0.5, 0.6) is 11.5 Å². The third-order valence-corrected chi connectivity index (χ3v) is 5.97. The number of likely N-dealkylation sites (tertiary alicyclic amines) is 1. The van der Waals surface area contributed by atoms with E-state index in [2.05, 4.69) is 10.1 Å². The van der Waals surface area contributed by atoms with Crippen molar-refractivity contribution < 1.29 is 23.5 Å². The Morgan fingerprint density at radius 3 is 2.73 bits per heavy atom. The Kier molecular flexibility index (Phi) is 6.52. The summed E-state index contributed by atoms with van der Waals surface area (Å²) in [6.45, 7) is 2.94. The second kappa shape index (κ2) is 9.47. The molecule has 1 unspecified atom stereocenters. The van der Waals surface area contributed by atoms with Crippen LogP contribution in [0.3, 0.4) is 0 Å². The van der Waals surface area contributed by atoms with E-state index in [4.69, 9.17) is 18.7 Å². The Balaban J connectivity index is 1.38. The first-order valence-corrected chi connectivity index (χ1v) is 10.6. The Morgan fingerprint density at radius 1 is 1.17 bits per heavy atom. The fourth-order valence-corrected chi connectivity index (χ4v) is 4.29. The molecular weight excluding hydrogens is 386 g/mol. The first-order valence-electron chi connectivity index (χ1n) is 10.6. The normalized spacial score (nSPS) is 20.2. The molecule has 30 heavy (non-hydrogen) atoms. The fraction of sp³-hybridized carbons (Fsp3) is 0.591. The number of aromatic nitrogens is 2. The van der Waals surface area contributed by atoms with E-state index < -0.39 is 0 Å². The molecule has 1 amide bonds. The average Bonchev–Trinajstić information content (AvgIpc) is 3.27. The van der Waals surface area contributed by atoms with Crippen LogP contribution in [-0.4, -0.2) is 61.5 Å². The van der Waals surface area contributed by atoms with Crippen molar-refractivity contribution in [3.05, 3.63) is 35.5 Å². The van der Waals surface area contributed by atoms with E-state index in [0.29, 0.717) is 47.8 Å². The zero-order valence-electron chi connectivity index (χ0n) is 17.6. The molecule has 0 radical (unpaired) electrons. The van der Waals surface area contributed by atoms with E-state index in [9.17, 15) is 4.79 Å². The smallest absolute Gasteiger partial charge is 0.254 e. The van der Waals surface area contributed by atoms with Crippen molar-refractivity contribution >= 4 is 5.91 Å². The van der Waals surface area contributed by atoms with Crippen molar-refractivity contribution in [2.75, 3.05) is 40.5 Å². The predicted octanol–water partition coefficient (Wildman–Crippen LogP) is 3.08. The maximum atomic E-state index is 13.0. The minimum absolute atomic E-state index is 0.00840. The molecule has 8 nitrogen and oxygen atoms in total. The van der Waals surface area contributed by atoms with Gasteiger partial charge in [-0.2, -0.15) is 4.98 Å². The minimum atomic E-state index is 0.00840. The number of methoxy groups -OCH3 is 2. The predicted molar refractivity (Wildman–Crippen MR) is 109 cm³/mol. The second-order valence-electron chi connectivity index (χ2n) is 7.97. The van der Waals surface area contributed by atoms with Crippen LogP contribution in [0.15, 0.2) is 22.7 Å². The van der Waals surface area contributed by atoms with Gasteiger partial charge in [0.2, 0.25) is 5.89 Å². The van der Waals surface area contributed by atoms with Gasteiger partial charge in [-0.25, -0.2) is 0 Å². The van der Waals surface area contributed by atoms with Crippen molar-refractivity contribution in [3.8, 4) is 11.5 Å². The zero-order chi connectivity index (χ0) is 20.9. The van der Waals surface area contributed by atoms with Crippen LogP contribution in [0.2, 0.25) is 0 Å². The van der Waals surface area contributed by atoms with Gasteiger partial charge in [-0.15, -0.1) is 0 Å². The van der Waals surface area contributed by atoms with Gasteiger partial charge in [0.1, 0.15) is 0 Å². The summed E-state index contributed by atoms with van der Waals surface area (Å²) in [5.41, 5.74) is 0.605. The first-order chi connectivity index (χ1) is 14.7. The lowest BCUT2D eigenvalue weighted by molar-refractivity contribution is 0.0667. The monoisotopic (exact) mass is 415 g/mol. The van der Waals surface area contributed by atoms with Gasteiger partial charge in [0.15, 0.2) is 17.3 Å². The molecule has 1 aromatic carbocycles. The Hall–Kier alpha value is -2.61. The van der Waals surface area contributed by atoms with Gasteiger partial charge in [0.05, 0.1) is 14.2 Å². The van der Waals surface area contributed by atoms with Crippen molar-refractivity contribution in [1.82, 2.24) is 15.0 Å². The number of hydrogen-bond donors (Lipinski definition) is 0. The van der Waals surface area contributed by atoms with Gasteiger partial charge in [-0.05, 0) is 49.8 Å². The van der Waals surface area contributed by atoms with Crippen LogP contribution in [0.1, 0.15) is 53.7 Å². The van der Waals surface area contributed by atoms with E-state index in [1.807, 2.05) is 4.90 Å². The van der Waals surface area contributed by atoms with Gasteiger partial charge in [0, 0.05) is 44.2 Å². The molecule has 2 saturated heterocycles. The number of rotatable bonds is 6. The van der Waals surface area contributed by atoms with E-state index in [0.717, 1.165) is 51.3 Å². The highest BCUT2D eigenvalue weighted by Gasteiger charge is 2.28. The molecule has 0 saturated carbocycles. The molecule has 2 aliphatic rings. The van der Waals surface area contributed by atoms with E-state index in [1.54, 1.807) is 32.4 Å². The molecule has 0 aliphatic carbocycles. The third-order valence-electron chi connectivity index (χ3n) is 5.97. The molecule has 2 fully saturated rings. The third kappa shape index (κ3) is 4.59. The minimum Gasteiger partial charge on any atom is -0.493 e. The summed E-state index contributed by atoms with van der Waals surface area (Å²) in [5, 5.41) is 4.19. The summed E-state index contributed by atoms with van der Waals surface area (Å²) >= 11 is 0. The summed E-state index contributed by atoms with van der Waals surface area (Å²) in [7, 11) is 3.15. The number of hydrogen-bond acceptors (Lipinski definition) is 7. The number of piperidine rings is 1. The molecule has 162 valence electrons.